The topological polar surface area (TPSA) is 83.6 Å². The van der Waals surface area contributed by atoms with Crippen molar-refractivity contribution in [2.75, 3.05) is 37.9 Å². The zero-order valence-corrected chi connectivity index (χ0v) is 11.8. The second kappa shape index (κ2) is 5.64. The lowest BCUT2D eigenvalue weighted by molar-refractivity contribution is 0.218. The van der Waals surface area contributed by atoms with E-state index < -0.39 is 19.9 Å². The smallest absolute Gasteiger partial charge is 0.208 e. The summed E-state index contributed by atoms with van der Waals surface area (Å²) < 4.78 is 46.7. The summed E-state index contributed by atoms with van der Waals surface area (Å²) in [5.74, 6) is 0.164. The van der Waals surface area contributed by atoms with Crippen LogP contribution in [0.25, 0.3) is 0 Å². The molecule has 8 heteroatoms. The Balaban J connectivity index is 2.31. The zero-order valence-electron chi connectivity index (χ0n) is 10.2. The molecule has 1 aliphatic rings. The number of sulfonamides is 1. The SMILES string of the molecule is CS(=O)(=O)CCN1CCC(NS(C)(=O)=O)CC1. The number of sulfone groups is 1. The number of piperidine rings is 1. The third-order valence-corrected chi connectivity index (χ3v) is 4.43. The van der Waals surface area contributed by atoms with E-state index in [1.807, 2.05) is 0 Å². The van der Waals surface area contributed by atoms with Crippen molar-refractivity contribution in [1.29, 1.82) is 0 Å². The molecule has 17 heavy (non-hydrogen) atoms. The average Bonchev–Trinajstić information content (AvgIpc) is 2.13. The highest BCUT2D eigenvalue weighted by Crippen LogP contribution is 2.10. The van der Waals surface area contributed by atoms with Gasteiger partial charge in [-0.25, -0.2) is 21.6 Å². The predicted octanol–water partition coefficient (Wildman–Crippen LogP) is -0.955. The molecule has 0 aromatic rings. The van der Waals surface area contributed by atoms with E-state index in [1.165, 1.54) is 6.26 Å². The van der Waals surface area contributed by atoms with Crippen LogP contribution >= 0.6 is 0 Å². The van der Waals surface area contributed by atoms with Crippen molar-refractivity contribution >= 4 is 19.9 Å². The van der Waals surface area contributed by atoms with Crippen molar-refractivity contribution in [3.8, 4) is 0 Å². The molecule has 0 unspecified atom stereocenters. The first-order valence-electron chi connectivity index (χ1n) is 5.53. The summed E-state index contributed by atoms with van der Waals surface area (Å²) in [6.07, 6.45) is 3.85. The average molecular weight is 284 g/mol. The molecule has 0 spiro atoms. The first-order valence-corrected chi connectivity index (χ1v) is 9.48. The van der Waals surface area contributed by atoms with Crippen LogP contribution in [0.1, 0.15) is 12.8 Å². The third-order valence-electron chi connectivity index (χ3n) is 2.75. The molecule has 0 amide bonds. The summed E-state index contributed by atoms with van der Waals surface area (Å²) in [5.41, 5.74) is 0. The third kappa shape index (κ3) is 6.97. The molecule has 1 rings (SSSR count). The normalized spacial score (nSPS) is 20.6. The van der Waals surface area contributed by atoms with Gasteiger partial charge in [0.05, 0.1) is 12.0 Å². The maximum Gasteiger partial charge on any atom is 0.208 e. The minimum absolute atomic E-state index is 0.0144. The fourth-order valence-electron chi connectivity index (χ4n) is 1.87. The molecule has 0 radical (unpaired) electrons. The number of hydrogen-bond donors (Lipinski definition) is 1. The van der Waals surface area contributed by atoms with Gasteiger partial charge in [-0.2, -0.15) is 0 Å². The molecule has 102 valence electrons. The maximum absolute atomic E-state index is 11.0. The molecular formula is C9H20N2O4S2. The fraction of sp³-hybridized carbons (Fsp3) is 1.00. The van der Waals surface area contributed by atoms with Crippen LogP contribution in [0.5, 0.6) is 0 Å². The Labute approximate surface area is 103 Å². The first kappa shape index (κ1) is 14.9. The quantitative estimate of drug-likeness (QED) is 0.703. The summed E-state index contributed by atoms with van der Waals surface area (Å²) in [6.45, 7) is 2.01. The summed E-state index contributed by atoms with van der Waals surface area (Å²) in [4.78, 5) is 2.06. The summed E-state index contributed by atoms with van der Waals surface area (Å²) in [5, 5.41) is 0. The lowest BCUT2D eigenvalue weighted by Gasteiger charge is -2.31. The van der Waals surface area contributed by atoms with Crippen molar-refractivity contribution in [3.63, 3.8) is 0 Å². The summed E-state index contributed by atoms with van der Waals surface area (Å²) in [6, 6.07) is -0.0144. The van der Waals surface area contributed by atoms with Gasteiger partial charge in [0.25, 0.3) is 0 Å². The molecule has 6 nitrogen and oxygen atoms in total. The molecule has 0 bridgehead atoms. The predicted molar refractivity (Wildman–Crippen MR) is 67.2 cm³/mol. The van der Waals surface area contributed by atoms with E-state index in [2.05, 4.69) is 9.62 Å². The highest BCUT2D eigenvalue weighted by Gasteiger charge is 2.21. The van der Waals surface area contributed by atoms with E-state index >= 15 is 0 Å². The molecule has 0 atom stereocenters. The van der Waals surface area contributed by atoms with Crippen LogP contribution in [-0.2, 0) is 19.9 Å². The van der Waals surface area contributed by atoms with Gasteiger partial charge in [0, 0.05) is 18.8 Å². The summed E-state index contributed by atoms with van der Waals surface area (Å²) >= 11 is 0. The second-order valence-electron chi connectivity index (χ2n) is 4.64. The zero-order chi connectivity index (χ0) is 13.1. The van der Waals surface area contributed by atoms with Crippen LogP contribution in [0.15, 0.2) is 0 Å². The Morgan fingerprint density at radius 3 is 2.06 bits per heavy atom. The highest BCUT2D eigenvalue weighted by molar-refractivity contribution is 7.90. The highest BCUT2D eigenvalue weighted by atomic mass is 32.2. The number of hydrogen-bond acceptors (Lipinski definition) is 5. The van der Waals surface area contributed by atoms with Crippen LogP contribution in [0, 0.1) is 0 Å². The Hall–Kier alpha value is -0.180. The van der Waals surface area contributed by atoms with E-state index in [-0.39, 0.29) is 11.8 Å². The van der Waals surface area contributed by atoms with Crippen molar-refractivity contribution in [3.05, 3.63) is 0 Å². The van der Waals surface area contributed by atoms with Crippen molar-refractivity contribution in [1.82, 2.24) is 9.62 Å². The number of rotatable bonds is 5. The summed E-state index contributed by atoms with van der Waals surface area (Å²) in [7, 11) is -6.06. The monoisotopic (exact) mass is 284 g/mol. The van der Waals surface area contributed by atoms with Gasteiger partial charge in [-0.05, 0) is 25.9 Å². The number of nitrogens with zero attached hydrogens (tertiary/aromatic N) is 1. The van der Waals surface area contributed by atoms with Gasteiger partial charge in [-0.15, -0.1) is 0 Å². The van der Waals surface area contributed by atoms with Crippen LogP contribution in [-0.4, -0.2) is 65.7 Å². The molecule has 0 aliphatic carbocycles. The van der Waals surface area contributed by atoms with E-state index in [9.17, 15) is 16.8 Å². The standard InChI is InChI=1S/C9H20N2O4S2/c1-16(12,13)8-7-11-5-3-9(4-6-11)10-17(2,14)15/h9-10H,3-8H2,1-2H3. The first-order chi connectivity index (χ1) is 7.66. The van der Waals surface area contributed by atoms with Gasteiger partial charge in [-0.1, -0.05) is 0 Å². The van der Waals surface area contributed by atoms with Crippen molar-refractivity contribution in [2.24, 2.45) is 0 Å². The van der Waals surface area contributed by atoms with E-state index in [4.69, 9.17) is 0 Å². The molecule has 1 fully saturated rings. The van der Waals surface area contributed by atoms with E-state index in [0.717, 1.165) is 32.2 Å². The van der Waals surface area contributed by atoms with Gasteiger partial charge in [0.2, 0.25) is 10.0 Å². The van der Waals surface area contributed by atoms with Crippen LogP contribution in [0.4, 0.5) is 0 Å². The molecule has 1 aliphatic heterocycles. The van der Waals surface area contributed by atoms with Gasteiger partial charge < -0.3 is 4.90 Å². The van der Waals surface area contributed by atoms with Gasteiger partial charge in [0.1, 0.15) is 9.84 Å². The van der Waals surface area contributed by atoms with Crippen molar-refractivity contribution < 1.29 is 16.8 Å². The Morgan fingerprint density at radius 1 is 1.12 bits per heavy atom. The maximum atomic E-state index is 11.0. The van der Waals surface area contributed by atoms with Crippen LogP contribution < -0.4 is 4.72 Å². The second-order valence-corrected chi connectivity index (χ2v) is 8.68. The minimum Gasteiger partial charge on any atom is -0.302 e. The minimum atomic E-state index is -3.14. The Morgan fingerprint density at radius 2 is 1.65 bits per heavy atom. The lowest BCUT2D eigenvalue weighted by atomic mass is 10.1. The van der Waals surface area contributed by atoms with Gasteiger partial charge in [-0.3, -0.25) is 0 Å². The largest absolute Gasteiger partial charge is 0.302 e. The molecule has 1 heterocycles. The lowest BCUT2D eigenvalue weighted by Crippen LogP contribution is -2.45. The Kier molecular flexibility index (Phi) is 4.94. The van der Waals surface area contributed by atoms with E-state index in [0.29, 0.717) is 6.54 Å². The van der Waals surface area contributed by atoms with Gasteiger partial charge >= 0.3 is 0 Å². The Bertz CT molecular complexity index is 436. The van der Waals surface area contributed by atoms with Crippen molar-refractivity contribution in [2.45, 2.75) is 18.9 Å². The molecule has 1 saturated heterocycles. The van der Waals surface area contributed by atoms with Crippen LogP contribution in [0.2, 0.25) is 0 Å². The molecule has 0 aromatic carbocycles. The van der Waals surface area contributed by atoms with Gasteiger partial charge in [0.15, 0.2) is 0 Å². The number of likely N-dealkylation sites (tertiary alicyclic amines) is 1. The molecular weight excluding hydrogens is 264 g/mol. The fourth-order valence-corrected chi connectivity index (χ4v) is 3.30. The number of nitrogens with one attached hydrogen (secondary N) is 1. The van der Waals surface area contributed by atoms with E-state index in [1.54, 1.807) is 0 Å². The molecule has 0 saturated carbocycles. The molecule has 0 aromatic heterocycles. The van der Waals surface area contributed by atoms with Crippen LogP contribution in [0.3, 0.4) is 0 Å². The molecule has 1 N–H and O–H groups in total.